The van der Waals surface area contributed by atoms with Crippen LogP contribution in [-0.4, -0.2) is 28.9 Å². The standard InChI is InChI=1S/C25H22FN3O/c26-18-10-12-19(13-11-18)27-23(30)16-29-15-14-21-20-8-4-5-9-22(20)28-24(21)25(29)17-6-2-1-3-7-17/h1-13,25,28H,14-16H2,(H,27,30). The smallest absolute Gasteiger partial charge is 0.238 e. The van der Waals surface area contributed by atoms with Crippen molar-refractivity contribution in [2.75, 3.05) is 18.4 Å². The van der Waals surface area contributed by atoms with Crippen LogP contribution in [0.25, 0.3) is 10.9 Å². The van der Waals surface area contributed by atoms with Crippen molar-refractivity contribution in [3.05, 3.63) is 102 Å². The second-order valence-electron chi connectivity index (χ2n) is 7.65. The second-order valence-corrected chi connectivity index (χ2v) is 7.65. The first-order chi connectivity index (χ1) is 14.7. The molecule has 0 spiro atoms. The van der Waals surface area contributed by atoms with Crippen LogP contribution in [0.3, 0.4) is 0 Å². The Kier molecular flexibility index (Phi) is 4.81. The number of carbonyl (C=O) groups is 1. The van der Waals surface area contributed by atoms with Gasteiger partial charge in [0.25, 0.3) is 0 Å². The third-order valence-electron chi connectivity index (χ3n) is 5.72. The summed E-state index contributed by atoms with van der Waals surface area (Å²) in [6, 6.07) is 24.5. The third kappa shape index (κ3) is 3.48. The summed E-state index contributed by atoms with van der Waals surface area (Å²) < 4.78 is 13.1. The van der Waals surface area contributed by atoms with Crippen LogP contribution in [0.2, 0.25) is 0 Å². The van der Waals surface area contributed by atoms with Crippen LogP contribution in [0.4, 0.5) is 10.1 Å². The van der Waals surface area contributed by atoms with Gasteiger partial charge >= 0.3 is 0 Å². The van der Waals surface area contributed by atoms with E-state index >= 15 is 0 Å². The summed E-state index contributed by atoms with van der Waals surface area (Å²) in [7, 11) is 0. The number of hydrogen-bond acceptors (Lipinski definition) is 2. The van der Waals surface area contributed by atoms with Gasteiger partial charge in [-0.05, 0) is 47.9 Å². The summed E-state index contributed by atoms with van der Waals surface area (Å²) in [4.78, 5) is 18.6. The molecule has 4 nitrogen and oxygen atoms in total. The molecule has 1 aliphatic rings. The molecule has 2 heterocycles. The first-order valence-corrected chi connectivity index (χ1v) is 10.1. The van der Waals surface area contributed by atoms with Crippen molar-refractivity contribution in [3.8, 4) is 0 Å². The number of aromatic nitrogens is 1. The van der Waals surface area contributed by atoms with Gasteiger partial charge in [0.1, 0.15) is 5.82 Å². The maximum absolute atomic E-state index is 13.1. The molecule has 0 bridgehead atoms. The fourth-order valence-electron chi connectivity index (χ4n) is 4.39. The van der Waals surface area contributed by atoms with E-state index in [0.717, 1.165) is 29.7 Å². The number of amides is 1. The normalized spacial score (nSPS) is 16.4. The maximum Gasteiger partial charge on any atom is 0.238 e. The molecule has 3 aromatic carbocycles. The number of rotatable bonds is 4. The van der Waals surface area contributed by atoms with Gasteiger partial charge in [-0.2, -0.15) is 0 Å². The van der Waals surface area contributed by atoms with Gasteiger partial charge in [-0.15, -0.1) is 0 Å². The minimum Gasteiger partial charge on any atom is -0.357 e. The van der Waals surface area contributed by atoms with Crippen molar-refractivity contribution >= 4 is 22.5 Å². The topological polar surface area (TPSA) is 48.1 Å². The summed E-state index contributed by atoms with van der Waals surface area (Å²) in [5.74, 6) is -0.429. The zero-order chi connectivity index (χ0) is 20.5. The molecule has 1 atom stereocenters. The molecule has 1 unspecified atom stereocenters. The Labute approximate surface area is 174 Å². The highest BCUT2D eigenvalue weighted by molar-refractivity contribution is 5.92. The van der Waals surface area contributed by atoms with Gasteiger partial charge < -0.3 is 10.3 Å². The summed E-state index contributed by atoms with van der Waals surface area (Å²) in [6.07, 6.45) is 0.881. The number of para-hydroxylation sites is 1. The van der Waals surface area contributed by atoms with Crippen molar-refractivity contribution in [2.45, 2.75) is 12.5 Å². The maximum atomic E-state index is 13.1. The lowest BCUT2D eigenvalue weighted by atomic mass is 9.92. The van der Waals surface area contributed by atoms with Crippen molar-refractivity contribution in [1.82, 2.24) is 9.88 Å². The first-order valence-electron chi connectivity index (χ1n) is 10.1. The number of benzene rings is 3. The van der Waals surface area contributed by atoms with Gasteiger partial charge in [0.2, 0.25) is 5.91 Å². The third-order valence-corrected chi connectivity index (χ3v) is 5.72. The van der Waals surface area contributed by atoms with Gasteiger partial charge in [-0.25, -0.2) is 4.39 Å². The van der Waals surface area contributed by atoms with E-state index in [0.29, 0.717) is 5.69 Å². The van der Waals surface area contributed by atoms with E-state index in [-0.39, 0.29) is 24.3 Å². The summed E-state index contributed by atoms with van der Waals surface area (Å²) in [5, 5.41) is 4.14. The fourth-order valence-corrected chi connectivity index (χ4v) is 4.39. The molecule has 0 radical (unpaired) electrons. The molecule has 0 saturated carbocycles. The number of carbonyl (C=O) groups excluding carboxylic acids is 1. The Hall–Kier alpha value is -3.44. The molecule has 30 heavy (non-hydrogen) atoms. The zero-order valence-corrected chi connectivity index (χ0v) is 16.4. The van der Waals surface area contributed by atoms with E-state index in [1.165, 1.54) is 23.1 Å². The van der Waals surface area contributed by atoms with Gasteiger partial charge in [0, 0.05) is 28.8 Å². The molecule has 5 rings (SSSR count). The largest absolute Gasteiger partial charge is 0.357 e. The lowest BCUT2D eigenvalue weighted by Gasteiger charge is -2.35. The fraction of sp³-hybridized carbons (Fsp3) is 0.160. The van der Waals surface area contributed by atoms with Crippen molar-refractivity contribution in [2.24, 2.45) is 0 Å². The Morgan fingerprint density at radius 3 is 2.53 bits per heavy atom. The van der Waals surface area contributed by atoms with Gasteiger partial charge in [0.15, 0.2) is 0 Å². The average Bonchev–Trinajstić information content (AvgIpc) is 3.14. The highest BCUT2D eigenvalue weighted by Gasteiger charge is 2.32. The van der Waals surface area contributed by atoms with Crippen LogP contribution < -0.4 is 5.32 Å². The van der Waals surface area contributed by atoms with Gasteiger partial charge in [-0.1, -0.05) is 48.5 Å². The molecular formula is C25H22FN3O. The predicted octanol–water partition coefficient (Wildman–Crippen LogP) is 4.89. The van der Waals surface area contributed by atoms with E-state index in [9.17, 15) is 9.18 Å². The predicted molar refractivity (Wildman–Crippen MR) is 117 cm³/mol. The summed E-state index contributed by atoms with van der Waals surface area (Å²) in [5.41, 5.74) is 5.36. The molecule has 0 aliphatic carbocycles. The monoisotopic (exact) mass is 399 g/mol. The van der Waals surface area contributed by atoms with Crippen LogP contribution in [0, 0.1) is 5.82 Å². The zero-order valence-electron chi connectivity index (χ0n) is 16.4. The number of nitrogens with one attached hydrogen (secondary N) is 2. The molecule has 4 aromatic rings. The quantitative estimate of drug-likeness (QED) is 0.513. The molecule has 2 N–H and O–H groups in total. The Bertz CT molecular complexity index is 1180. The minimum atomic E-state index is -0.320. The lowest BCUT2D eigenvalue weighted by molar-refractivity contribution is -0.117. The molecule has 1 amide bonds. The van der Waals surface area contributed by atoms with Crippen molar-refractivity contribution < 1.29 is 9.18 Å². The Balaban J connectivity index is 1.46. The van der Waals surface area contributed by atoms with Crippen LogP contribution in [-0.2, 0) is 11.2 Å². The highest BCUT2D eigenvalue weighted by Crippen LogP contribution is 2.38. The van der Waals surface area contributed by atoms with Gasteiger partial charge in [0.05, 0.1) is 12.6 Å². The molecule has 1 aromatic heterocycles. The minimum absolute atomic E-state index is 0.0266. The summed E-state index contributed by atoms with van der Waals surface area (Å²) in [6.45, 7) is 1.04. The van der Waals surface area contributed by atoms with E-state index < -0.39 is 0 Å². The average molecular weight is 399 g/mol. The van der Waals surface area contributed by atoms with Crippen molar-refractivity contribution in [1.29, 1.82) is 0 Å². The van der Waals surface area contributed by atoms with E-state index in [1.807, 2.05) is 24.3 Å². The SMILES string of the molecule is O=C(CN1CCc2c([nH]c3ccccc23)C1c1ccccc1)Nc1ccc(F)cc1. The second kappa shape index (κ2) is 7.76. The van der Waals surface area contributed by atoms with Gasteiger partial charge in [-0.3, -0.25) is 9.69 Å². The number of hydrogen-bond donors (Lipinski definition) is 2. The number of H-pyrrole nitrogens is 1. The lowest BCUT2D eigenvalue weighted by Crippen LogP contribution is -2.41. The van der Waals surface area contributed by atoms with Crippen LogP contribution in [0.5, 0.6) is 0 Å². The molecule has 0 fully saturated rings. The van der Waals surface area contributed by atoms with Crippen molar-refractivity contribution in [3.63, 3.8) is 0 Å². The first kappa shape index (κ1) is 18.6. The number of nitrogens with zero attached hydrogens (tertiary/aromatic N) is 1. The van der Waals surface area contributed by atoms with E-state index in [4.69, 9.17) is 0 Å². The van der Waals surface area contributed by atoms with Crippen LogP contribution in [0.15, 0.2) is 78.9 Å². The van der Waals surface area contributed by atoms with E-state index in [1.54, 1.807) is 12.1 Å². The number of anilines is 1. The van der Waals surface area contributed by atoms with Crippen LogP contribution >= 0.6 is 0 Å². The number of fused-ring (bicyclic) bond motifs is 3. The summed E-state index contributed by atoms with van der Waals surface area (Å²) >= 11 is 0. The number of aromatic amines is 1. The molecule has 5 heteroatoms. The number of halogens is 1. The molecular weight excluding hydrogens is 377 g/mol. The van der Waals surface area contributed by atoms with Crippen LogP contribution in [0.1, 0.15) is 22.9 Å². The Morgan fingerprint density at radius 1 is 1.00 bits per heavy atom. The Morgan fingerprint density at radius 2 is 1.73 bits per heavy atom. The molecule has 150 valence electrons. The molecule has 1 aliphatic heterocycles. The van der Waals surface area contributed by atoms with E-state index in [2.05, 4.69) is 45.5 Å². The highest BCUT2D eigenvalue weighted by atomic mass is 19.1. The molecule has 0 saturated heterocycles.